The maximum absolute atomic E-state index is 12.5. The van der Waals surface area contributed by atoms with Crippen molar-refractivity contribution < 1.29 is 9.59 Å². The first-order valence-electron chi connectivity index (χ1n) is 6.71. The number of benzene rings is 1. The number of hydrogen-bond acceptors (Lipinski definition) is 2. The van der Waals surface area contributed by atoms with Crippen LogP contribution in [0.2, 0.25) is 0 Å². The van der Waals surface area contributed by atoms with Gasteiger partial charge in [0.25, 0.3) is 5.91 Å². The zero-order valence-electron chi connectivity index (χ0n) is 12.1. The molecule has 2 rings (SSSR count). The lowest BCUT2D eigenvalue weighted by Gasteiger charge is -2.36. The first kappa shape index (κ1) is 13.8. The average molecular weight is 259 g/mol. The van der Waals surface area contributed by atoms with Crippen LogP contribution >= 0.6 is 0 Å². The van der Waals surface area contributed by atoms with Gasteiger partial charge >= 0.3 is 0 Å². The summed E-state index contributed by atoms with van der Waals surface area (Å²) in [6, 6.07) is 5.78. The molecule has 1 aromatic rings. The summed E-state index contributed by atoms with van der Waals surface area (Å²) in [5.41, 5.74) is 2.60. The Kier molecular flexibility index (Phi) is 3.48. The Morgan fingerprint density at radius 3 is 2.47 bits per heavy atom. The third-order valence-electron chi connectivity index (χ3n) is 3.99. The lowest BCUT2D eigenvalue weighted by atomic mass is 9.82. The van der Waals surface area contributed by atoms with E-state index in [4.69, 9.17) is 0 Å². The summed E-state index contributed by atoms with van der Waals surface area (Å²) in [4.78, 5) is 26.1. The van der Waals surface area contributed by atoms with Crippen molar-refractivity contribution in [2.75, 3.05) is 13.1 Å². The van der Waals surface area contributed by atoms with E-state index in [0.717, 1.165) is 5.56 Å². The number of Topliss-reactive ketones (excluding diaryl/α,β-unsaturated/α-hetero) is 1. The van der Waals surface area contributed by atoms with E-state index < -0.39 is 5.41 Å². The third kappa shape index (κ3) is 2.70. The molecule has 0 aliphatic carbocycles. The molecule has 102 valence electrons. The van der Waals surface area contributed by atoms with Crippen LogP contribution in [0.5, 0.6) is 0 Å². The summed E-state index contributed by atoms with van der Waals surface area (Å²) >= 11 is 0. The number of rotatable bonds is 1. The molecule has 1 heterocycles. The van der Waals surface area contributed by atoms with Crippen molar-refractivity contribution in [1.82, 2.24) is 4.90 Å². The summed E-state index contributed by atoms with van der Waals surface area (Å²) in [6.07, 6.45) is 0.462. The zero-order valence-corrected chi connectivity index (χ0v) is 12.1. The summed E-state index contributed by atoms with van der Waals surface area (Å²) < 4.78 is 0. The summed E-state index contributed by atoms with van der Waals surface area (Å²) in [7, 11) is 0. The van der Waals surface area contributed by atoms with Crippen LogP contribution in [0.25, 0.3) is 0 Å². The van der Waals surface area contributed by atoms with Crippen molar-refractivity contribution in [2.45, 2.75) is 34.1 Å². The van der Waals surface area contributed by atoms with E-state index in [0.29, 0.717) is 25.1 Å². The molecular weight excluding hydrogens is 238 g/mol. The molecule has 0 aromatic heterocycles. The molecule has 1 saturated heterocycles. The minimum absolute atomic E-state index is 0.0312. The molecule has 0 saturated carbocycles. The van der Waals surface area contributed by atoms with Crippen LogP contribution in [0.1, 0.15) is 41.8 Å². The van der Waals surface area contributed by atoms with Crippen molar-refractivity contribution in [1.29, 1.82) is 0 Å². The van der Waals surface area contributed by atoms with E-state index >= 15 is 0 Å². The molecule has 1 aliphatic heterocycles. The molecule has 1 aromatic carbocycles. The Balaban J connectivity index is 2.20. The molecule has 3 nitrogen and oxygen atoms in total. The number of piperidine rings is 1. The summed E-state index contributed by atoms with van der Waals surface area (Å²) in [5.74, 6) is 0.278. The van der Waals surface area contributed by atoms with Gasteiger partial charge in [-0.3, -0.25) is 9.59 Å². The van der Waals surface area contributed by atoms with E-state index in [1.165, 1.54) is 5.56 Å². The number of likely N-dealkylation sites (tertiary alicyclic amines) is 1. The quantitative estimate of drug-likeness (QED) is 0.777. The number of hydrogen-bond donors (Lipinski definition) is 0. The fourth-order valence-corrected chi connectivity index (χ4v) is 2.45. The molecule has 3 heteroatoms. The van der Waals surface area contributed by atoms with Gasteiger partial charge < -0.3 is 4.90 Å². The van der Waals surface area contributed by atoms with E-state index in [1.807, 2.05) is 45.9 Å². The van der Waals surface area contributed by atoms with Crippen LogP contribution < -0.4 is 0 Å². The van der Waals surface area contributed by atoms with Crippen LogP contribution in [0.15, 0.2) is 18.2 Å². The molecule has 0 unspecified atom stereocenters. The molecule has 0 atom stereocenters. The highest BCUT2D eigenvalue weighted by Crippen LogP contribution is 2.26. The molecule has 0 N–H and O–H groups in total. The lowest BCUT2D eigenvalue weighted by molar-refractivity contribution is -0.130. The number of amides is 1. The largest absolute Gasteiger partial charge is 0.337 e. The maximum atomic E-state index is 12.5. The number of carbonyl (C=O) groups excluding carboxylic acids is 2. The van der Waals surface area contributed by atoms with Gasteiger partial charge in [0.05, 0.1) is 0 Å². The second-order valence-corrected chi connectivity index (χ2v) is 6.08. The van der Waals surface area contributed by atoms with Crippen molar-refractivity contribution in [2.24, 2.45) is 5.41 Å². The normalized spacial score (nSPS) is 18.5. The number of aryl methyl sites for hydroxylation is 2. The maximum Gasteiger partial charge on any atom is 0.253 e. The van der Waals surface area contributed by atoms with Gasteiger partial charge in [-0.15, -0.1) is 0 Å². The molecule has 1 aliphatic rings. The zero-order chi connectivity index (χ0) is 14.2. The summed E-state index contributed by atoms with van der Waals surface area (Å²) in [6.45, 7) is 8.91. The van der Waals surface area contributed by atoms with Gasteiger partial charge in [0.1, 0.15) is 5.78 Å². The lowest BCUT2D eigenvalue weighted by Crippen LogP contribution is -2.48. The van der Waals surface area contributed by atoms with E-state index in [9.17, 15) is 9.59 Å². The third-order valence-corrected chi connectivity index (χ3v) is 3.99. The second-order valence-electron chi connectivity index (χ2n) is 6.08. The Bertz CT molecular complexity index is 532. The second kappa shape index (κ2) is 4.80. The van der Waals surface area contributed by atoms with Crippen LogP contribution in [0.4, 0.5) is 0 Å². The SMILES string of the molecule is Cc1ccc(C(=O)N2CCC(=O)C(C)(C)C2)cc1C. The minimum Gasteiger partial charge on any atom is -0.337 e. The predicted molar refractivity (Wildman–Crippen MR) is 75.2 cm³/mol. The number of ketones is 1. The van der Waals surface area contributed by atoms with Crippen LogP contribution in [0, 0.1) is 19.3 Å². The highest BCUT2D eigenvalue weighted by Gasteiger charge is 2.36. The highest BCUT2D eigenvalue weighted by atomic mass is 16.2. The van der Waals surface area contributed by atoms with Gasteiger partial charge in [0, 0.05) is 30.5 Å². The van der Waals surface area contributed by atoms with Gasteiger partial charge in [-0.1, -0.05) is 19.9 Å². The first-order chi connectivity index (χ1) is 8.81. The first-order valence-corrected chi connectivity index (χ1v) is 6.71. The Hall–Kier alpha value is -1.64. The van der Waals surface area contributed by atoms with E-state index in [2.05, 4.69) is 0 Å². The molecular formula is C16H21NO2. The monoisotopic (exact) mass is 259 g/mol. The standard InChI is InChI=1S/C16H21NO2/c1-11-5-6-13(9-12(11)2)15(19)17-8-7-14(18)16(3,4)10-17/h5-6,9H,7-8,10H2,1-4H3. The highest BCUT2D eigenvalue weighted by molar-refractivity contribution is 5.96. The van der Waals surface area contributed by atoms with Crippen LogP contribution in [-0.2, 0) is 4.79 Å². The van der Waals surface area contributed by atoms with Gasteiger partial charge in [0.15, 0.2) is 0 Å². The van der Waals surface area contributed by atoms with Crippen molar-refractivity contribution >= 4 is 11.7 Å². The van der Waals surface area contributed by atoms with Gasteiger partial charge in [0.2, 0.25) is 0 Å². The Morgan fingerprint density at radius 2 is 1.89 bits per heavy atom. The molecule has 0 bridgehead atoms. The van der Waals surface area contributed by atoms with Gasteiger partial charge in [-0.05, 0) is 37.1 Å². The van der Waals surface area contributed by atoms with Crippen LogP contribution in [0.3, 0.4) is 0 Å². The van der Waals surface area contributed by atoms with Gasteiger partial charge in [-0.25, -0.2) is 0 Å². The van der Waals surface area contributed by atoms with E-state index in [-0.39, 0.29) is 11.7 Å². The summed E-state index contributed by atoms with van der Waals surface area (Å²) in [5, 5.41) is 0. The van der Waals surface area contributed by atoms with Crippen molar-refractivity contribution in [3.63, 3.8) is 0 Å². The van der Waals surface area contributed by atoms with Crippen molar-refractivity contribution in [3.8, 4) is 0 Å². The Morgan fingerprint density at radius 1 is 1.21 bits per heavy atom. The van der Waals surface area contributed by atoms with E-state index in [1.54, 1.807) is 4.90 Å². The average Bonchev–Trinajstić information content (AvgIpc) is 2.35. The molecule has 0 radical (unpaired) electrons. The molecule has 0 spiro atoms. The minimum atomic E-state index is -0.423. The van der Waals surface area contributed by atoms with Crippen LogP contribution in [-0.4, -0.2) is 29.7 Å². The number of nitrogens with zero attached hydrogens (tertiary/aromatic N) is 1. The van der Waals surface area contributed by atoms with Crippen molar-refractivity contribution in [3.05, 3.63) is 34.9 Å². The topological polar surface area (TPSA) is 37.4 Å². The Labute approximate surface area is 114 Å². The van der Waals surface area contributed by atoms with Gasteiger partial charge in [-0.2, -0.15) is 0 Å². The molecule has 19 heavy (non-hydrogen) atoms. The fraction of sp³-hybridized carbons (Fsp3) is 0.500. The smallest absolute Gasteiger partial charge is 0.253 e. The number of carbonyl (C=O) groups is 2. The fourth-order valence-electron chi connectivity index (χ4n) is 2.45. The molecule has 1 fully saturated rings. The molecule has 1 amide bonds. The predicted octanol–water partition coefficient (Wildman–Crippen LogP) is 2.74.